The van der Waals surface area contributed by atoms with Crippen LogP contribution in [0.5, 0.6) is 11.8 Å². The lowest BCUT2D eigenvalue weighted by atomic mass is 9.83. The van der Waals surface area contributed by atoms with Gasteiger partial charge in [-0.3, -0.25) is 4.79 Å². The number of ketones is 1. The van der Waals surface area contributed by atoms with Crippen molar-refractivity contribution >= 4 is 45.0 Å². The maximum Gasteiger partial charge on any atom is 0.344 e. The lowest BCUT2D eigenvalue weighted by Gasteiger charge is -2.46. The van der Waals surface area contributed by atoms with E-state index in [0.717, 1.165) is 23.4 Å². The van der Waals surface area contributed by atoms with Crippen molar-refractivity contribution in [3.63, 3.8) is 0 Å². The van der Waals surface area contributed by atoms with E-state index in [4.69, 9.17) is 50.4 Å². The molecule has 0 spiro atoms. The van der Waals surface area contributed by atoms with E-state index in [1.807, 2.05) is 129 Å². The molecule has 2 saturated heterocycles. The fraction of sp³-hybridized carbons (Fsp3) is 0.631. The van der Waals surface area contributed by atoms with Gasteiger partial charge in [-0.05, 0) is 122 Å². The number of aromatic nitrogens is 2. The molecule has 0 radical (unpaired) electrons. The van der Waals surface area contributed by atoms with Gasteiger partial charge in [0.1, 0.15) is 43.2 Å². The molecule has 4 aromatic rings. The maximum atomic E-state index is 14.8. The zero-order valence-corrected chi connectivity index (χ0v) is 60.5. The molecule has 0 saturated carbocycles. The van der Waals surface area contributed by atoms with E-state index in [2.05, 4.69) is 146 Å². The fourth-order valence-corrected chi connectivity index (χ4v) is 14.1. The number of Topliss-reactive ketones (excluding diaryl/α,β-unsaturated/α-hetero) is 1. The number of hydrogen-bond donors (Lipinski definition) is 0. The predicted octanol–water partition coefficient (Wildman–Crippen LogP) is 13.9. The average Bonchev–Trinajstić information content (AvgIpc) is 1.55. The lowest BCUT2D eigenvalue weighted by molar-refractivity contribution is -0.153. The molecular formula is C65H104N4O13Si4. The second-order valence-corrected chi connectivity index (χ2v) is 49.0. The zero-order chi connectivity index (χ0) is 64.4. The number of benzene rings is 2. The summed E-state index contributed by atoms with van der Waals surface area (Å²) in [7, 11) is 0.368. The highest BCUT2D eigenvalue weighted by atomic mass is 28.4. The fourth-order valence-electron chi connectivity index (χ4n) is 9.00. The van der Waals surface area contributed by atoms with Gasteiger partial charge in [0.15, 0.2) is 50.4 Å². The number of rotatable bonds is 21. The summed E-state index contributed by atoms with van der Waals surface area (Å²) in [6.45, 7) is 46.0. The van der Waals surface area contributed by atoms with Crippen LogP contribution in [-0.4, -0.2) is 148 Å². The molecule has 2 aromatic carbocycles. The van der Waals surface area contributed by atoms with E-state index >= 15 is 0 Å². The summed E-state index contributed by atoms with van der Waals surface area (Å²) >= 11 is 0. The van der Waals surface area contributed by atoms with Gasteiger partial charge in [0.25, 0.3) is 11.8 Å². The number of esters is 1. The summed E-state index contributed by atoms with van der Waals surface area (Å²) in [5.74, 6) is 1.35. The first-order valence-electron chi connectivity index (χ1n) is 30.2. The Kier molecular flexibility index (Phi) is 21.9. The predicted molar refractivity (Wildman–Crippen MR) is 347 cm³/mol. The Bertz CT molecular complexity index is 2950. The van der Waals surface area contributed by atoms with E-state index in [1.54, 1.807) is 0 Å². The highest BCUT2D eigenvalue weighted by Crippen LogP contribution is 2.55. The Morgan fingerprint density at radius 1 is 0.535 bits per heavy atom. The molecule has 4 aliphatic rings. The van der Waals surface area contributed by atoms with Gasteiger partial charge in [0.05, 0.1) is 32.4 Å². The van der Waals surface area contributed by atoms with Gasteiger partial charge in [0.2, 0.25) is 11.4 Å². The summed E-state index contributed by atoms with van der Waals surface area (Å²) in [6.07, 6.45) is 5.37. The standard InChI is InChI=1S/C32H50N2O6Si2.C20H38O5Si2.C13H16N2O2/c1-30(2,3)41(9,10)39-23-18-19-25-32(37-25,28(23)40-42(11,12)31(4,5)6)27(35)26-24(20-34(7)8)38-33-29(26)36-21-22-16-14-13-15-17-22;1-18(2,3)26(8,9)24-14-12-13-15-20(23-15,17(21)22-7)16(14)25-27(10,11)19(4,5)6;1-15(2)9-12-8-13(14-17-12)16-10-11-6-4-3-5-7-11/h13-19,23,25,28H,20-21H2,1-12H3;12-16H,1-11H3;3-8H,9-10H2,1-2H3/t23-,25+,28-,32-;14-,15+,16-,20+;/m11./s1. The van der Waals surface area contributed by atoms with Crippen molar-refractivity contribution in [3.05, 3.63) is 119 Å². The second kappa shape index (κ2) is 26.6. The summed E-state index contributed by atoms with van der Waals surface area (Å²) in [5, 5.41) is 8.05. The van der Waals surface area contributed by atoms with Crippen LogP contribution in [0, 0.1) is 0 Å². The monoisotopic (exact) mass is 1260 g/mol. The van der Waals surface area contributed by atoms with Crippen LogP contribution in [0.4, 0.5) is 0 Å². The van der Waals surface area contributed by atoms with Crippen LogP contribution >= 0.6 is 0 Å². The van der Waals surface area contributed by atoms with Crippen LogP contribution in [0.2, 0.25) is 72.5 Å². The Morgan fingerprint density at radius 3 is 1.37 bits per heavy atom. The van der Waals surface area contributed by atoms with Crippen molar-refractivity contribution in [3.8, 4) is 11.8 Å². The van der Waals surface area contributed by atoms with Crippen molar-refractivity contribution in [1.29, 1.82) is 0 Å². The highest BCUT2D eigenvalue weighted by Gasteiger charge is 2.74. The minimum absolute atomic E-state index is 0.0113. The Hall–Kier alpha value is -4.37. The zero-order valence-electron chi connectivity index (χ0n) is 56.5. The molecule has 86 heavy (non-hydrogen) atoms. The number of methoxy groups -OCH3 is 1. The van der Waals surface area contributed by atoms with Crippen LogP contribution in [0.1, 0.15) is 116 Å². The second-order valence-electron chi connectivity index (χ2n) is 30.0. The third-order valence-electron chi connectivity index (χ3n) is 18.4. The first-order valence-corrected chi connectivity index (χ1v) is 41.8. The first-order chi connectivity index (χ1) is 39.5. The van der Waals surface area contributed by atoms with Crippen molar-refractivity contribution in [2.24, 2.45) is 0 Å². The van der Waals surface area contributed by atoms with Gasteiger partial charge in [-0.1, -0.05) is 168 Å². The number of nitrogens with zero attached hydrogens (tertiary/aromatic N) is 4. The van der Waals surface area contributed by atoms with E-state index in [-0.39, 0.29) is 56.6 Å². The number of ether oxygens (including phenoxy) is 5. The van der Waals surface area contributed by atoms with Crippen LogP contribution in [0.3, 0.4) is 0 Å². The Balaban J connectivity index is 0.000000229. The van der Waals surface area contributed by atoms with Crippen LogP contribution in [-0.2, 0) is 63.0 Å². The van der Waals surface area contributed by atoms with Gasteiger partial charge in [-0.25, -0.2) is 4.79 Å². The van der Waals surface area contributed by atoms with Crippen LogP contribution in [0.15, 0.2) is 100 Å². The number of hydrogen-bond acceptors (Lipinski definition) is 17. The molecule has 2 fully saturated rings. The molecule has 478 valence electrons. The highest BCUT2D eigenvalue weighted by molar-refractivity contribution is 6.75. The molecule has 2 aliphatic heterocycles. The minimum Gasteiger partial charge on any atom is -0.471 e. The number of carbonyl (C=O) groups excluding carboxylic acids is 2. The molecule has 4 heterocycles. The van der Waals surface area contributed by atoms with Gasteiger partial charge >= 0.3 is 5.97 Å². The quantitative estimate of drug-likeness (QED) is 0.0252. The SMILES string of the molecule is CN(C)Cc1cc(OCc2ccccc2)no1.CN(C)Cc1onc(OCc2ccccc2)c1C(=O)[C@]12O[C@H]1C=C[C@@H](O[Si](C)(C)C(C)(C)C)[C@H]2O[Si](C)(C)C(C)(C)C.COC(=O)[C@]12O[C@H]1C=C[C@@H](O[Si](C)(C)C(C)(C)C)[C@H]2O[Si](C)(C)C(C)(C)C. The molecule has 8 atom stereocenters. The smallest absolute Gasteiger partial charge is 0.344 e. The molecule has 2 aliphatic carbocycles. The van der Waals surface area contributed by atoms with E-state index in [9.17, 15) is 9.59 Å². The Labute approximate surface area is 518 Å². The summed E-state index contributed by atoms with van der Waals surface area (Å²) < 4.78 is 67.5. The Morgan fingerprint density at radius 2 is 0.942 bits per heavy atom. The summed E-state index contributed by atoms with van der Waals surface area (Å²) in [6, 6.07) is 21.6. The van der Waals surface area contributed by atoms with Gasteiger partial charge in [-0.15, -0.1) is 0 Å². The largest absolute Gasteiger partial charge is 0.471 e. The minimum atomic E-state index is -2.37. The van der Waals surface area contributed by atoms with Crippen molar-refractivity contribution < 1.29 is 60.0 Å². The van der Waals surface area contributed by atoms with Crippen LogP contribution < -0.4 is 9.47 Å². The van der Waals surface area contributed by atoms with E-state index in [0.29, 0.717) is 30.4 Å². The number of carbonyl (C=O) groups is 2. The van der Waals surface area contributed by atoms with E-state index in [1.165, 1.54) is 7.11 Å². The molecule has 17 nitrogen and oxygen atoms in total. The van der Waals surface area contributed by atoms with Crippen molar-refractivity contribution in [2.45, 2.75) is 230 Å². The molecule has 0 bridgehead atoms. The first kappa shape index (κ1) is 70.7. The van der Waals surface area contributed by atoms with Crippen molar-refractivity contribution in [1.82, 2.24) is 20.1 Å². The number of fused-ring (bicyclic) bond motifs is 2. The summed E-state index contributed by atoms with van der Waals surface area (Å²) in [4.78, 5) is 31.5. The van der Waals surface area contributed by atoms with Crippen LogP contribution in [0.25, 0.3) is 0 Å². The summed E-state index contributed by atoms with van der Waals surface area (Å²) in [5.41, 5.74) is 0.0622. The van der Waals surface area contributed by atoms with Crippen molar-refractivity contribution in [2.75, 3.05) is 35.3 Å². The third-order valence-corrected chi connectivity index (χ3v) is 36.3. The lowest BCUT2D eigenvalue weighted by Crippen LogP contribution is -2.59. The molecule has 0 unspecified atom stereocenters. The average molecular weight is 1260 g/mol. The normalized spacial score (nSPS) is 24.0. The third kappa shape index (κ3) is 16.3. The van der Waals surface area contributed by atoms with E-state index < -0.39 is 68.9 Å². The molecule has 8 rings (SSSR count). The molecular weight excluding hydrogens is 1160 g/mol. The molecule has 0 amide bonds. The van der Waals surface area contributed by atoms with Gasteiger partial charge in [-0.2, -0.15) is 0 Å². The maximum absolute atomic E-state index is 14.8. The number of epoxide rings is 2. The molecule has 2 aromatic heterocycles. The molecule has 21 heteroatoms. The van der Waals surface area contributed by atoms with Gasteiger partial charge < -0.3 is 60.2 Å². The van der Waals surface area contributed by atoms with Gasteiger partial charge in [0, 0.05) is 6.07 Å². The molecule has 0 N–H and O–H groups in total. The topological polar surface area (TPSA) is 182 Å².